The molecule has 2 aromatic heterocycles. The summed E-state index contributed by atoms with van der Waals surface area (Å²) in [7, 11) is 4.15. The quantitative estimate of drug-likeness (QED) is 0.533. The van der Waals surface area contributed by atoms with Crippen molar-refractivity contribution in [2.24, 2.45) is 7.05 Å². The third-order valence-corrected chi connectivity index (χ3v) is 5.78. The average Bonchev–Trinajstić information content (AvgIpc) is 3.55. The number of carbonyl (C=O) groups is 2. The van der Waals surface area contributed by atoms with Crippen LogP contribution < -0.4 is 0 Å². The molecule has 2 aromatic rings. The van der Waals surface area contributed by atoms with Gasteiger partial charge in [-0.1, -0.05) is 0 Å². The van der Waals surface area contributed by atoms with Gasteiger partial charge >= 0.3 is 24.3 Å². The molecule has 38 heavy (non-hydrogen) atoms. The molecule has 2 N–H and O–H groups in total. The number of halogens is 6. The number of aliphatic carboxylic acids is 2. The molecule has 2 aliphatic heterocycles. The summed E-state index contributed by atoms with van der Waals surface area (Å²) in [6.07, 6.45) is -1.69. The average molecular weight is 558 g/mol. The van der Waals surface area contributed by atoms with Gasteiger partial charge in [0.15, 0.2) is 0 Å². The molecule has 214 valence electrons. The lowest BCUT2D eigenvalue weighted by molar-refractivity contribution is -0.193. The predicted molar refractivity (Wildman–Crippen MR) is 118 cm³/mol. The fraction of sp³-hybridized carbons (Fsp3) is 0.591. The minimum atomic E-state index is -5.08. The van der Waals surface area contributed by atoms with Crippen LogP contribution in [0.3, 0.4) is 0 Å². The predicted octanol–water partition coefficient (Wildman–Crippen LogP) is 3.14. The molecule has 0 unspecified atom stereocenters. The van der Waals surface area contributed by atoms with Crippen LogP contribution in [0.4, 0.5) is 26.3 Å². The first-order valence-corrected chi connectivity index (χ1v) is 11.3. The number of furan rings is 1. The molecule has 4 heterocycles. The van der Waals surface area contributed by atoms with Crippen LogP contribution in [-0.4, -0.2) is 92.5 Å². The SMILES string of the molecule is CN(Cc1ccco1)[C@@H]1CN(Cc2cnn(C)c2)[C@@H]2CCCO[C@H]12.O=C(O)C(F)(F)F.O=C(O)C(F)(F)F. The van der Waals surface area contributed by atoms with Gasteiger partial charge in [-0.05, 0) is 32.0 Å². The number of hydrogen-bond donors (Lipinski definition) is 2. The lowest BCUT2D eigenvalue weighted by Gasteiger charge is -2.34. The van der Waals surface area contributed by atoms with Crippen molar-refractivity contribution in [1.29, 1.82) is 0 Å². The van der Waals surface area contributed by atoms with Crippen molar-refractivity contribution in [3.8, 4) is 0 Å². The standard InChI is InChI=1S/C18H26N4O2.2C2HF3O2/c1-20(12-15-5-3-7-23-15)17-13-22(11-14-9-19-21(2)10-14)16-6-4-8-24-18(16)17;2*3-2(4,5)1(6)7/h3,5,7,9-10,16-18H,4,6,8,11-13H2,1-2H3;2*(H,6,7)/t16-,17-,18+;;/m1../s1. The number of alkyl halides is 6. The number of fused-ring (bicyclic) bond motifs is 1. The molecule has 2 aliphatic rings. The molecule has 0 spiro atoms. The van der Waals surface area contributed by atoms with Crippen LogP contribution in [0, 0.1) is 0 Å². The highest BCUT2D eigenvalue weighted by molar-refractivity contribution is 5.73. The van der Waals surface area contributed by atoms with E-state index in [1.54, 1.807) is 6.26 Å². The van der Waals surface area contributed by atoms with E-state index >= 15 is 0 Å². The number of aryl methyl sites for hydroxylation is 1. The van der Waals surface area contributed by atoms with Crippen LogP contribution in [0.2, 0.25) is 0 Å². The van der Waals surface area contributed by atoms with Gasteiger partial charge in [-0.15, -0.1) is 0 Å². The summed E-state index contributed by atoms with van der Waals surface area (Å²) in [6, 6.07) is 4.89. The number of carboxylic acids is 2. The van der Waals surface area contributed by atoms with Crippen LogP contribution in [0.1, 0.15) is 24.2 Å². The molecule has 0 radical (unpaired) electrons. The zero-order valence-corrected chi connectivity index (χ0v) is 20.4. The number of nitrogens with zero attached hydrogens (tertiary/aromatic N) is 4. The molecule has 10 nitrogen and oxygen atoms in total. The second-order valence-corrected chi connectivity index (χ2v) is 8.66. The lowest BCUT2D eigenvalue weighted by Crippen LogP contribution is -2.46. The Hall–Kier alpha value is -3.11. The Balaban J connectivity index is 0.000000301. The van der Waals surface area contributed by atoms with Crippen LogP contribution in [0.15, 0.2) is 35.2 Å². The van der Waals surface area contributed by atoms with Gasteiger partial charge in [-0.2, -0.15) is 31.4 Å². The van der Waals surface area contributed by atoms with Gasteiger partial charge in [0.1, 0.15) is 5.76 Å². The third kappa shape index (κ3) is 9.33. The van der Waals surface area contributed by atoms with Crippen LogP contribution >= 0.6 is 0 Å². The van der Waals surface area contributed by atoms with Crippen molar-refractivity contribution in [1.82, 2.24) is 19.6 Å². The first kappa shape index (κ1) is 31.1. The van der Waals surface area contributed by atoms with Crippen molar-refractivity contribution in [3.05, 3.63) is 42.1 Å². The van der Waals surface area contributed by atoms with E-state index in [2.05, 4.69) is 28.1 Å². The van der Waals surface area contributed by atoms with E-state index in [1.165, 1.54) is 12.0 Å². The van der Waals surface area contributed by atoms with E-state index in [9.17, 15) is 26.3 Å². The second-order valence-electron chi connectivity index (χ2n) is 8.66. The molecule has 3 atom stereocenters. The Morgan fingerprint density at radius 1 is 1.16 bits per heavy atom. The Morgan fingerprint density at radius 2 is 1.76 bits per heavy atom. The fourth-order valence-electron chi connectivity index (χ4n) is 4.15. The summed E-state index contributed by atoms with van der Waals surface area (Å²) in [4.78, 5) is 22.7. The maximum atomic E-state index is 10.6. The first-order chi connectivity index (χ1) is 17.6. The van der Waals surface area contributed by atoms with Gasteiger partial charge < -0.3 is 19.4 Å². The second kappa shape index (κ2) is 13.1. The lowest BCUT2D eigenvalue weighted by atomic mass is 10.00. The van der Waals surface area contributed by atoms with E-state index in [1.807, 2.05) is 30.1 Å². The highest BCUT2D eigenvalue weighted by Gasteiger charge is 2.45. The largest absolute Gasteiger partial charge is 0.490 e. The van der Waals surface area contributed by atoms with E-state index < -0.39 is 24.3 Å². The van der Waals surface area contributed by atoms with E-state index in [4.69, 9.17) is 29.0 Å². The van der Waals surface area contributed by atoms with Crippen molar-refractivity contribution in [3.63, 3.8) is 0 Å². The monoisotopic (exact) mass is 558 g/mol. The summed E-state index contributed by atoms with van der Waals surface area (Å²) >= 11 is 0. The Morgan fingerprint density at radius 3 is 2.24 bits per heavy atom. The molecular formula is C22H28F6N4O6. The van der Waals surface area contributed by atoms with E-state index in [-0.39, 0.29) is 6.10 Å². The summed E-state index contributed by atoms with van der Waals surface area (Å²) < 4.78 is 77.1. The van der Waals surface area contributed by atoms with Crippen LogP contribution in [0.5, 0.6) is 0 Å². The van der Waals surface area contributed by atoms with Crippen molar-refractivity contribution >= 4 is 11.9 Å². The van der Waals surface area contributed by atoms with Gasteiger partial charge in [0.05, 0.1) is 31.2 Å². The molecule has 0 aromatic carbocycles. The highest BCUT2D eigenvalue weighted by Crippen LogP contribution is 2.33. The Labute approximate surface area is 213 Å². The molecule has 2 saturated heterocycles. The molecule has 2 fully saturated rings. The minimum Gasteiger partial charge on any atom is -0.475 e. The van der Waals surface area contributed by atoms with Crippen molar-refractivity contribution in [2.75, 3.05) is 20.2 Å². The Kier molecular flexibility index (Phi) is 10.7. The molecule has 0 bridgehead atoms. The molecular weight excluding hydrogens is 530 g/mol. The smallest absolute Gasteiger partial charge is 0.475 e. The number of carboxylic acid groups (broad SMARTS) is 2. The highest BCUT2D eigenvalue weighted by atomic mass is 19.4. The number of hydrogen-bond acceptors (Lipinski definition) is 7. The van der Waals surface area contributed by atoms with Crippen LogP contribution in [0.25, 0.3) is 0 Å². The normalized spacial score (nSPS) is 21.7. The van der Waals surface area contributed by atoms with Gasteiger partial charge in [-0.3, -0.25) is 14.5 Å². The summed E-state index contributed by atoms with van der Waals surface area (Å²) in [5.41, 5.74) is 1.27. The van der Waals surface area contributed by atoms with Gasteiger partial charge in [0.25, 0.3) is 0 Å². The fourth-order valence-corrected chi connectivity index (χ4v) is 4.15. The molecule has 0 saturated carbocycles. The summed E-state index contributed by atoms with van der Waals surface area (Å²) in [6.45, 7) is 3.68. The van der Waals surface area contributed by atoms with Gasteiger partial charge in [0.2, 0.25) is 0 Å². The number of rotatable bonds is 5. The topological polar surface area (TPSA) is 121 Å². The zero-order chi connectivity index (χ0) is 28.7. The number of likely N-dealkylation sites (N-methyl/N-ethyl adjacent to an activating group) is 1. The summed E-state index contributed by atoms with van der Waals surface area (Å²) in [5.74, 6) is -4.50. The molecule has 4 rings (SSSR count). The van der Waals surface area contributed by atoms with Gasteiger partial charge in [0, 0.05) is 44.5 Å². The van der Waals surface area contributed by atoms with Gasteiger partial charge in [-0.25, -0.2) is 9.59 Å². The number of likely N-dealkylation sites (tertiary alicyclic amines) is 1. The summed E-state index contributed by atoms with van der Waals surface area (Å²) in [5, 5.41) is 18.6. The molecule has 0 amide bonds. The zero-order valence-electron chi connectivity index (χ0n) is 20.4. The molecule has 16 heteroatoms. The maximum Gasteiger partial charge on any atom is 0.490 e. The number of ether oxygens (including phenoxy) is 1. The van der Waals surface area contributed by atoms with E-state index in [0.717, 1.165) is 38.4 Å². The van der Waals surface area contributed by atoms with Crippen LogP contribution in [-0.2, 0) is 34.5 Å². The minimum absolute atomic E-state index is 0.287. The maximum absolute atomic E-state index is 10.6. The third-order valence-electron chi connectivity index (χ3n) is 5.78. The van der Waals surface area contributed by atoms with Crippen molar-refractivity contribution in [2.45, 2.75) is 56.5 Å². The Bertz CT molecular complexity index is 1000. The van der Waals surface area contributed by atoms with E-state index in [0.29, 0.717) is 12.1 Å². The van der Waals surface area contributed by atoms with Crippen molar-refractivity contribution < 1.29 is 55.3 Å². The molecule has 0 aliphatic carbocycles. The number of aromatic nitrogens is 2. The first-order valence-electron chi connectivity index (χ1n) is 11.3.